The molecule has 106 valence electrons. The first-order chi connectivity index (χ1) is 9.28. The molecule has 2 unspecified atom stereocenters. The Morgan fingerprint density at radius 1 is 1.26 bits per heavy atom. The van der Waals surface area contributed by atoms with Crippen molar-refractivity contribution in [3.63, 3.8) is 0 Å². The lowest BCUT2D eigenvalue weighted by molar-refractivity contribution is -0.000653. The fraction of sp³-hybridized carbons (Fsp3) is 0.625. The van der Waals surface area contributed by atoms with E-state index in [1.807, 2.05) is 24.3 Å². The van der Waals surface area contributed by atoms with Crippen molar-refractivity contribution in [2.75, 3.05) is 18.9 Å². The highest BCUT2D eigenvalue weighted by Gasteiger charge is 2.20. The predicted octanol–water partition coefficient (Wildman–Crippen LogP) is 3.63. The molecule has 3 heteroatoms. The molecule has 0 saturated heterocycles. The minimum absolute atomic E-state index is 0.433. The van der Waals surface area contributed by atoms with Crippen molar-refractivity contribution in [2.24, 2.45) is 5.92 Å². The molecule has 0 heterocycles. The van der Waals surface area contributed by atoms with Gasteiger partial charge in [-0.05, 0) is 30.9 Å². The molecule has 1 saturated carbocycles. The molecule has 1 fully saturated rings. The van der Waals surface area contributed by atoms with Gasteiger partial charge in [0.25, 0.3) is 0 Å². The maximum Gasteiger partial charge on any atom is 0.121 e. The summed E-state index contributed by atoms with van der Waals surface area (Å²) in [5.74, 6) is 1.67. The molecule has 0 radical (unpaired) electrons. The van der Waals surface area contributed by atoms with Gasteiger partial charge >= 0.3 is 0 Å². The summed E-state index contributed by atoms with van der Waals surface area (Å²) in [6.07, 6.45) is 6.81. The number of hydrogen-bond donors (Lipinski definition) is 1. The molecule has 1 aliphatic rings. The van der Waals surface area contributed by atoms with Gasteiger partial charge in [-0.2, -0.15) is 0 Å². The van der Waals surface area contributed by atoms with Crippen LogP contribution in [0.4, 0.5) is 5.69 Å². The fourth-order valence-corrected chi connectivity index (χ4v) is 2.74. The third-order valence-electron chi connectivity index (χ3n) is 3.88. The van der Waals surface area contributed by atoms with Crippen LogP contribution in [0.1, 0.15) is 39.0 Å². The molecule has 0 aromatic heterocycles. The summed E-state index contributed by atoms with van der Waals surface area (Å²) in [7, 11) is 0. The molecule has 1 aromatic carbocycles. The normalized spacial score (nSPS) is 23.2. The maximum atomic E-state index is 5.91. The van der Waals surface area contributed by atoms with Gasteiger partial charge in [-0.25, -0.2) is 0 Å². The zero-order chi connectivity index (χ0) is 13.5. The lowest BCUT2D eigenvalue weighted by Crippen LogP contribution is -2.24. The van der Waals surface area contributed by atoms with Crippen molar-refractivity contribution in [3.05, 3.63) is 24.3 Å². The average Bonchev–Trinajstić information content (AvgIpc) is 2.44. The molecule has 0 bridgehead atoms. The smallest absolute Gasteiger partial charge is 0.121 e. The second-order valence-corrected chi connectivity index (χ2v) is 5.35. The minimum Gasteiger partial charge on any atom is -0.491 e. The van der Waals surface area contributed by atoms with E-state index in [1.54, 1.807) is 0 Å². The van der Waals surface area contributed by atoms with E-state index in [0.717, 1.165) is 17.4 Å². The topological polar surface area (TPSA) is 44.5 Å². The van der Waals surface area contributed by atoms with Crippen molar-refractivity contribution in [3.8, 4) is 5.75 Å². The highest BCUT2D eigenvalue weighted by molar-refractivity contribution is 5.43. The molecule has 1 aliphatic carbocycles. The van der Waals surface area contributed by atoms with Crippen LogP contribution in [0.3, 0.4) is 0 Å². The largest absolute Gasteiger partial charge is 0.491 e. The second-order valence-electron chi connectivity index (χ2n) is 5.35. The Labute approximate surface area is 116 Å². The molecule has 0 spiro atoms. The standard InChI is InChI=1S/C16H25NO2/c1-2-13-5-3-7-15(11-13)18-9-10-19-16-8-4-6-14(17)12-16/h4,6,8,12-13,15H,2-3,5,7,9-11,17H2,1H3. The molecular weight excluding hydrogens is 238 g/mol. The first kappa shape index (κ1) is 14.2. The van der Waals surface area contributed by atoms with Crippen LogP contribution in [0.2, 0.25) is 0 Å². The van der Waals surface area contributed by atoms with Gasteiger partial charge in [0, 0.05) is 11.8 Å². The van der Waals surface area contributed by atoms with Gasteiger partial charge < -0.3 is 15.2 Å². The van der Waals surface area contributed by atoms with Gasteiger partial charge in [0.15, 0.2) is 0 Å². The van der Waals surface area contributed by atoms with E-state index < -0.39 is 0 Å². The second kappa shape index (κ2) is 7.39. The molecule has 0 aliphatic heterocycles. The van der Waals surface area contributed by atoms with Crippen LogP contribution in [-0.4, -0.2) is 19.3 Å². The molecule has 19 heavy (non-hydrogen) atoms. The molecule has 1 aromatic rings. The Bertz CT molecular complexity index is 381. The lowest BCUT2D eigenvalue weighted by Gasteiger charge is -2.28. The van der Waals surface area contributed by atoms with E-state index in [-0.39, 0.29) is 0 Å². The van der Waals surface area contributed by atoms with Gasteiger partial charge in [0.2, 0.25) is 0 Å². The third-order valence-corrected chi connectivity index (χ3v) is 3.88. The number of rotatable bonds is 6. The van der Waals surface area contributed by atoms with Crippen LogP contribution >= 0.6 is 0 Å². The molecule has 2 atom stereocenters. The highest BCUT2D eigenvalue weighted by Crippen LogP contribution is 2.28. The van der Waals surface area contributed by atoms with Crippen molar-refractivity contribution < 1.29 is 9.47 Å². The van der Waals surface area contributed by atoms with E-state index in [9.17, 15) is 0 Å². The zero-order valence-corrected chi connectivity index (χ0v) is 11.8. The Kier molecular flexibility index (Phi) is 5.52. The van der Waals surface area contributed by atoms with Gasteiger partial charge in [0.1, 0.15) is 12.4 Å². The number of nitrogens with two attached hydrogens (primary N) is 1. The number of anilines is 1. The van der Waals surface area contributed by atoms with Gasteiger partial charge in [-0.15, -0.1) is 0 Å². The van der Waals surface area contributed by atoms with Crippen molar-refractivity contribution in [1.82, 2.24) is 0 Å². The first-order valence-electron chi connectivity index (χ1n) is 7.38. The van der Waals surface area contributed by atoms with Crippen LogP contribution in [-0.2, 0) is 4.74 Å². The molecule has 3 nitrogen and oxygen atoms in total. The van der Waals surface area contributed by atoms with Crippen LogP contribution in [0, 0.1) is 5.92 Å². The monoisotopic (exact) mass is 263 g/mol. The quantitative estimate of drug-likeness (QED) is 0.629. The lowest BCUT2D eigenvalue weighted by atomic mass is 9.85. The van der Waals surface area contributed by atoms with Crippen molar-refractivity contribution >= 4 is 5.69 Å². The predicted molar refractivity (Wildman–Crippen MR) is 78.3 cm³/mol. The van der Waals surface area contributed by atoms with Gasteiger partial charge in [0.05, 0.1) is 12.7 Å². The van der Waals surface area contributed by atoms with E-state index in [0.29, 0.717) is 19.3 Å². The number of nitrogen functional groups attached to an aromatic ring is 1. The summed E-state index contributed by atoms with van der Waals surface area (Å²) in [4.78, 5) is 0. The van der Waals surface area contributed by atoms with Gasteiger partial charge in [-0.1, -0.05) is 32.3 Å². The maximum absolute atomic E-state index is 5.91. The number of hydrogen-bond acceptors (Lipinski definition) is 3. The van der Waals surface area contributed by atoms with Crippen LogP contribution < -0.4 is 10.5 Å². The van der Waals surface area contributed by atoms with Crippen molar-refractivity contribution in [2.45, 2.75) is 45.1 Å². The summed E-state index contributed by atoms with van der Waals surface area (Å²) in [5.41, 5.74) is 6.43. The first-order valence-corrected chi connectivity index (χ1v) is 7.38. The fourth-order valence-electron chi connectivity index (χ4n) is 2.74. The highest BCUT2D eigenvalue weighted by atomic mass is 16.5. The third kappa shape index (κ3) is 4.75. The summed E-state index contributed by atoms with van der Waals surface area (Å²) in [6, 6.07) is 7.52. The summed E-state index contributed by atoms with van der Waals surface area (Å²) >= 11 is 0. The Morgan fingerprint density at radius 2 is 2.16 bits per heavy atom. The summed E-state index contributed by atoms with van der Waals surface area (Å²) in [5, 5.41) is 0. The van der Waals surface area contributed by atoms with Gasteiger partial charge in [-0.3, -0.25) is 0 Å². The SMILES string of the molecule is CCC1CCCC(OCCOc2cccc(N)c2)C1. The Morgan fingerprint density at radius 3 is 2.95 bits per heavy atom. The number of benzene rings is 1. The van der Waals surface area contributed by atoms with E-state index in [2.05, 4.69) is 6.92 Å². The van der Waals surface area contributed by atoms with Crippen LogP contribution in [0.5, 0.6) is 5.75 Å². The average molecular weight is 263 g/mol. The Hall–Kier alpha value is -1.22. The molecule has 0 amide bonds. The number of ether oxygens (including phenoxy) is 2. The Balaban J connectivity index is 1.64. The molecule has 2 N–H and O–H groups in total. The minimum atomic E-state index is 0.433. The zero-order valence-electron chi connectivity index (χ0n) is 11.8. The van der Waals surface area contributed by atoms with Crippen molar-refractivity contribution in [1.29, 1.82) is 0 Å². The molecule has 2 rings (SSSR count). The van der Waals surface area contributed by atoms with E-state index in [4.69, 9.17) is 15.2 Å². The van der Waals surface area contributed by atoms with E-state index in [1.165, 1.54) is 32.1 Å². The molecular formula is C16H25NO2. The van der Waals surface area contributed by atoms with E-state index >= 15 is 0 Å². The summed E-state index contributed by atoms with van der Waals surface area (Å²) < 4.78 is 11.5. The van der Waals surface area contributed by atoms with Crippen LogP contribution in [0.25, 0.3) is 0 Å². The van der Waals surface area contributed by atoms with Crippen LogP contribution in [0.15, 0.2) is 24.3 Å². The summed E-state index contributed by atoms with van der Waals surface area (Å²) in [6.45, 7) is 3.53.